The molecule has 3 fully saturated rings. The van der Waals surface area contributed by atoms with Crippen molar-refractivity contribution in [2.75, 3.05) is 11.5 Å². The topological polar surface area (TPSA) is 55.8 Å². The Morgan fingerprint density at radius 1 is 1.10 bits per heavy atom. The molecule has 5 heteroatoms. The van der Waals surface area contributed by atoms with Gasteiger partial charge in [-0.05, 0) is 18.6 Å². The highest BCUT2D eigenvalue weighted by Gasteiger charge is 2.63. The van der Waals surface area contributed by atoms with Gasteiger partial charge in [-0.2, -0.15) is 0 Å². The average Bonchev–Trinajstić information content (AvgIpc) is 3.33. The number of para-hydroxylation sites is 1. The van der Waals surface area contributed by atoms with Crippen molar-refractivity contribution in [1.29, 1.82) is 0 Å². The Morgan fingerprint density at radius 2 is 1.90 bits per heavy atom. The predicted molar refractivity (Wildman–Crippen MR) is 108 cm³/mol. The Hall–Kier alpha value is -2.76. The Balaban J connectivity index is 1.52. The maximum Gasteiger partial charge on any atom is 0.218 e. The largest absolute Gasteiger partial charge is 0.353 e. The van der Waals surface area contributed by atoms with Crippen LogP contribution in [0.1, 0.15) is 21.5 Å². The van der Waals surface area contributed by atoms with Gasteiger partial charge in [-0.3, -0.25) is 9.59 Å². The number of carbonyl (C=O) groups excluding carboxylic acids is 2. The molecule has 2 bridgehead atoms. The van der Waals surface area contributed by atoms with E-state index in [2.05, 4.69) is 17.1 Å². The van der Waals surface area contributed by atoms with E-state index in [1.807, 2.05) is 55.5 Å². The smallest absolute Gasteiger partial charge is 0.218 e. The number of rotatable bonds is 2. The molecule has 4 aliphatic heterocycles. The lowest BCUT2D eigenvalue weighted by molar-refractivity contribution is -0.163. The van der Waals surface area contributed by atoms with E-state index in [4.69, 9.17) is 9.47 Å². The molecule has 0 radical (unpaired) electrons. The minimum atomic E-state index is -0.790. The summed E-state index contributed by atoms with van der Waals surface area (Å²) < 4.78 is 11.5. The van der Waals surface area contributed by atoms with Gasteiger partial charge in [0.1, 0.15) is 0 Å². The Labute approximate surface area is 168 Å². The summed E-state index contributed by atoms with van der Waals surface area (Å²) in [6.07, 6.45) is 3.11. The van der Waals surface area contributed by atoms with E-state index in [0.29, 0.717) is 12.2 Å². The number of carbonyl (C=O) groups is 2. The van der Waals surface area contributed by atoms with Crippen molar-refractivity contribution in [3.8, 4) is 0 Å². The molecule has 0 amide bonds. The second-order valence-corrected chi connectivity index (χ2v) is 8.34. The van der Waals surface area contributed by atoms with Gasteiger partial charge >= 0.3 is 0 Å². The molecule has 0 aromatic heterocycles. The highest BCUT2D eigenvalue weighted by Crippen LogP contribution is 2.50. The fraction of sp³-hybridized carbons (Fsp3) is 0.333. The van der Waals surface area contributed by atoms with E-state index in [9.17, 15) is 9.59 Å². The number of fused-ring (bicyclic) bond motifs is 8. The number of ketones is 2. The van der Waals surface area contributed by atoms with Crippen molar-refractivity contribution < 1.29 is 19.1 Å². The minimum absolute atomic E-state index is 0.0364. The van der Waals surface area contributed by atoms with Gasteiger partial charge in [0, 0.05) is 17.2 Å². The van der Waals surface area contributed by atoms with Crippen molar-refractivity contribution in [1.82, 2.24) is 0 Å². The molecule has 2 aromatic carbocycles. The fourth-order valence-corrected chi connectivity index (χ4v) is 5.47. The van der Waals surface area contributed by atoms with Crippen LogP contribution < -0.4 is 4.90 Å². The van der Waals surface area contributed by atoms with Crippen LogP contribution in [-0.4, -0.2) is 42.7 Å². The predicted octanol–water partition coefficient (Wildman–Crippen LogP) is 3.02. The van der Waals surface area contributed by atoms with Crippen LogP contribution in [0, 0.1) is 18.8 Å². The molecule has 2 aromatic rings. The molecule has 4 aliphatic rings. The molecule has 3 saturated heterocycles. The zero-order chi connectivity index (χ0) is 19.7. The third-order valence-corrected chi connectivity index (χ3v) is 6.76. The number of ether oxygens (including phenoxy) is 2. The quantitative estimate of drug-likeness (QED) is 0.742. The maximum atomic E-state index is 13.8. The lowest BCUT2D eigenvalue weighted by atomic mass is 9.77. The van der Waals surface area contributed by atoms with E-state index in [0.717, 1.165) is 16.8 Å². The third-order valence-electron chi connectivity index (χ3n) is 6.76. The highest BCUT2D eigenvalue weighted by molar-refractivity contribution is 6.05. The maximum absolute atomic E-state index is 13.8. The third kappa shape index (κ3) is 2.35. The summed E-state index contributed by atoms with van der Waals surface area (Å²) in [5.41, 5.74) is 3.85. The summed E-state index contributed by atoms with van der Waals surface area (Å²) in [7, 11) is 0. The lowest BCUT2D eigenvalue weighted by Crippen LogP contribution is -2.48. The second-order valence-electron chi connectivity index (χ2n) is 8.34. The summed E-state index contributed by atoms with van der Waals surface area (Å²) in [6, 6.07) is 15.1. The standard InChI is InChI=1S/C24H21NO4/c1-13-6-8-15(9-7-13)22(26)21-20-18-12-28-24(29-18)23(27)19(20)17-11-10-14-4-2-3-5-16(14)25(17)21/h2-11,17-21,24H,12H2,1H3/t17-,18?,19+,20+,21+,24?/m1/s1. The minimum Gasteiger partial charge on any atom is -0.353 e. The van der Waals surface area contributed by atoms with Gasteiger partial charge in [0.2, 0.25) is 6.29 Å². The molecule has 4 heterocycles. The Kier molecular flexibility index (Phi) is 3.61. The van der Waals surface area contributed by atoms with Crippen LogP contribution in [0.3, 0.4) is 0 Å². The summed E-state index contributed by atoms with van der Waals surface area (Å²) in [5.74, 6) is -0.530. The number of aryl methyl sites for hydroxylation is 1. The lowest BCUT2D eigenvalue weighted by Gasteiger charge is -2.35. The van der Waals surface area contributed by atoms with Crippen molar-refractivity contribution in [2.24, 2.45) is 11.8 Å². The molecule has 6 rings (SSSR count). The van der Waals surface area contributed by atoms with E-state index in [1.165, 1.54) is 0 Å². The van der Waals surface area contributed by atoms with E-state index in [1.54, 1.807) is 0 Å². The first kappa shape index (κ1) is 17.1. The van der Waals surface area contributed by atoms with Gasteiger partial charge in [-0.1, -0.05) is 60.2 Å². The zero-order valence-electron chi connectivity index (χ0n) is 16.0. The van der Waals surface area contributed by atoms with Crippen LogP contribution in [0.15, 0.2) is 54.6 Å². The van der Waals surface area contributed by atoms with Gasteiger partial charge < -0.3 is 14.4 Å². The normalized spacial score (nSPS) is 34.0. The molecule has 29 heavy (non-hydrogen) atoms. The molecule has 6 atom stereocenters. The SMILES string of the molecule is Cc1ccc(C(=O)[C@@H]2[C@H]3C4COC(O4)C(=O)[C@H]3[C@H]3C=Cc4ccccc4N32)cc1. The molecule has 5 nitrogen and oxygen atoms in total. The molecule has 146 valence electrons. The van der Waals surface area contributed by atoms with E-state index >= 15 is 0 Å². The van der Waals surface area contributed by atoms with Crippen LogP contribution in [-0.2, 0) is 14.3 Å². The zero-order valence-corrected chi connectivity index (χ0v) is 16.0. The molecule has 0 saturated carbocycles. The first-order valence-electron chi connectivity index (χ1n) is 10.1. The fourth-order valence-electron chi connectivity index (χ4n) is 5.47. The number of benzene rings is 2. The van der Waals surface area contributed by atoms with Crippen LogP contribution in [0.5, 0.6) is 0 Å². The van der Waals surface area contributed by atoms with Crippen LogP contribution in [0.4, 0.5) is 5.69 Å². The van der Waals surface area contributed by atoms with Gasteiger partial charge in [0.05, 0.1) is 30.7 Å². The number of anilines is 1. The summed E-state index contributed by atoms with van der Waals surface area (Å²) in [5, 5.41) is 0. The van der Waals surface area contributed by atoms with Gasteiger partial charge in [0.25, 0.3) is 0 Å². The highest BCUT2D eigenvalue weighted by atomic mass is 16.7. The van der Waals surface area contributed by atoms with Crippen molar-refractivity contribution in [3.63, 3.8) is 0 Å². The van der Waals surface area contributed by atoms with Crippen LogP contribution in [0.25, 0.3) is 6.08 Å². The Morgan fingerprint density at radius 3 is 2.72 bits per heavy atom. The second kappa shape index (κ2) is 6.12. The van der Waals surface area contributed by atoms with Gasteiger partial charge in [-0.25, -0.2) is 0 Å². The molecule has 0 aliphatic carbocycles. The molecule has 2 unspecified atom stereocenters. The molecule has 0 N–H and O–H groups in total. The Bertz CT molecular complexity index is 1040. The number of Topliss-reactive ketones (excluding diaryl/α,β-unsaturated/α-hetero) is 2. The summed E-state index contributed by atoms with van der Waals surface area (Å²) in [6.45, 7) is 2.37. The molecular weight excluding hydrogens is 366 g/mol. The number of hydrogen-bond acceptors (Lipinski definition) is 5. The first-order valence-corrected chi connectivity index (χ1v) is 10.1. The van der Waals surface area contributed by atoms with Gasteiger partial charge in [-0.15, -0.1) is 0 Å². The van der Waals surface area contributed by atoms with Crippen LogP contribution >= 0.6 is 0 Å². The molecule has 0 spiro atoms. The van der Waals surface area contributed by atoms with E-state index in [-0.39, 0.29) is 35.5 Å². The monoisotopic (exact) mass is 387 g/mol. The van der Waals surface area contributed by atoms with Crippen molar-refractivity contribution in [2.45, 2.75) is 31.4 Å². The van der Waals surface area contributed by atoms with Gasteiger partial charge in [0.15, 0.2) is 11.6 Å². The summed E-state index contributed by atoms with van der Waals surface area (Å²) >= 11 is 0. The number of hydrogen-bond donors (Lipinski definition) is 0. The average molecular weight is 387 g/mol. The first-order chi connectivity index (χ1) is 14.1. The van der Waals surface area contributed by atoms with Crippen molar-refractivity contribution >= 4 is 23.3 Å². The van der Waals surface area contributed by atoms with Crippen molar-refractivity contribution in [3.05, 3.63) is 71.3 Å². The summed E-state index contributed by atoms with van der Waals surface area (Å²) in [4.78, 5) is 29.1. The van der Waals surface area contributed by atoms with E-state index < -0.39 is 12.3 Å². The van der Waals surface area contributed by atoms with Crippen LogP contribution in [0.2, 0.25) is 0 Å². The molecular formula is C24H21NO4. The number of nitrogens with zero attached hydrogens (tertiary/aromatic N) is 1.